The summed E-state index contributed by atoms with van der Waals surface area (Å²) in [6, 6.07) is 7.84. The Morgan fingerprint density at radius 2 is 1.97 bits per heavy atom. The van der Waals surface area contributed by atoms with E-state index < -0.39 is 0 Å². The molecule has 3 aliphatic heterocycles. The lowest BCUT2D eigenvalue weighted by atomic mass is 10.1. The first kappa shape index (κ1) is 22.2. The van der Waals surface area contributed by atoms with E-state index in [1.165, 1.54) is 0 Å². The Labute approximate surface area is 192 Å². The van der Waals surface area contributed by atoms with Crippen LogP contribution in [-0.2, 0) is 9.53 Å². The van der Waals surface area contributed by atoms with Crippen molar-refractivity contribution < 1.29 is 36.1 Å². The summed E-state index contributed by atoms with van der Waals surface area (Å²) in [4.78, 5) is 18.7. The van der Waals surface area contributed by atoms with E-state index in [4.69, 9.17) is 23.9 Å². The van der Waals surface area contributed by atoms with Crippen molar-refractivity contribution >= 4 is 17.3 Å². The molecule has 0 amide bonds. The third-order valence-corrected chi connectivity index (χ3v) is 5.71. The lowest BCUT2D eigenvalue weighted by Crippen LogP contribution is -3.00. The number of benzene rings is 2. The minimum atomic E-state index is -0.155. The van der Waals surface area contributed by atoms with Gasteiger partial charge in [-0.2, -0.15) is 0 Å². The summed E-state index contributed by atoms with van der Waals surface area (Å²) >= 11 is 0. The zero-order valence-electron chi connectivity index (χ0n) is 18.2. The number of carbonyl (C=O) groups is 1. The molecule has 8 nitrogen and oxygen atoms in total. The Kier molecular flexibility index (Phi) is 6.41. The van der Waals surface area contributed by atoms with Crippen LogP contribution in [0.3, 0.4) is 0 Å². The van der Waals surface area contributed by atoms with Gasteiger partial charge in [0.25, 0.3) is 0 Å². The number of nitrogens with zero attached hydrogens (tertiary/aromatic N) is 3. The Morgan fingerprint density at radius 3 is 2.81 bits per heavy atom. The van der Waals surface area contributed by atoms with Crippen molar-refractivity contribution in [2.45, 2.75) is 19.8 Å². The molecular weight excluding hydrogens is 434 g/mol. The van der Waals surface area contributed by atoms with Crippen LogP contribution in [0.15, 0.2) is 29.3 Å². The molecule has 0 saturated carbocycles. The molecular formula is C23H26ClN3O5. The third-order valence-electron chi connectivity index (χ3n) is 5.71. The highest BCUT2D eigenvalue weighted by Crippen LogP contribution is 2.44. The van der Waals surface area contributed by atoms with E-state index in [9.17, 15) is 4.79 Å². The first-order valence-electron chi connectivity index (χ1n) is 10.8. The average molecular weight is 460 g/mol. The number of carbonyl (C=O) groups excluding carboxylic acids is 1. The van der Waals surface area contributed by atoms with Crippen LogP contribution in [0.25, 0.3) is 0 Å². The molecule has 0 saturated heterocycles. The van der Waals surface area contributed by atoms with Gasteiger partial charge in [0.05, 0.1) is 24.9 Å². The van der Waals surface area contributed by atoms with Gasteiger partial charge in [0.1, 0.15) is 37.1 Å². The van der Waals surface area contributed by atoms with E-state index in [1.54, 1.807) is 0 Å². The molecule has 2 aromatic carbocycles. The largest absolute Gasteiger partial charge is 1.00 e. The number of rotatable bonds is 5. The monoisotopic (exact) mass is 459 g/mol. The predicted molar refractivity (Wildman–Crippen MR) is 114 cm³/mol. The van der Waals surface area contributed by atoms with Crippen molar-refractivity contribution in [3.05, 3.63) is 35.0 Å². The molecule has 32 heavy (non-hydrogen) atoms. The highest BCUT2D eigenvalue weighted by atomic mass is 35.5. The van der Waals surface area contributed by atoms with Gasteiger partial charge in [0.2, 0.25) is 5.36 Å². The molecule has 3 aliphatic rings. The van der Waals surface area contributed by atoms with Crippen LogP contribution in [0.4, 0.5) is 11.4 Å². The summed E-state index contributed by atoms with van der Waals surface area (Å²) in [7, 11) is 2.05. The molecule has 2 aromatic rings. The molecule has 3 heterocycles. The number of anilines is 1. The van der Waals surface area contributed by atoms with Crippen LogP contribution >= 0.6 is 0 Å². The maximum absolute atomic E-state index is 11.7. The topological polar surface area (TPSA) is 72.6 Å². The maximum Gasteiger partial charge on any atom is 0.305 e. The van der Waals surface area contributed by atoms with E-state index in [2.05, 4.69) is 9.48 Å². The fourth-order valence-corrected chi connectivity index (χ4v) is 4.12. The summed E-state index contributed by atoms with van der Waals surface area (Å²) in [5.74, 6) is 2.87. The molecule has 0 radical (unpaired) electrons. The van der Waals surface area contributed by atoms with E-state index >= 15 is 0 Å². The fourth-order valence-electron chi connectivity index (χ4n) is 4.12. The van der Waals surface area contributed by atoms with Crippen LogP contribution in [0.1, 0.15) is 19.8 Å². The van der Waals surface area contributed by atoms with E-state index in [0.29, 0.717) is 37.7 Å². The number of esters is 1. The Balaban J connectivity index is 0.00000245. The molecule has 0 bridgehead atoms. The summed E-state index contributed by atoms with van der Waals surface area (Å²) in [5.41, 5.74) is 1.70. The first-order chi connectivity index (χ1) is 15.1. The van der Waals surface area contributed by atoms with E-state index in [1.807, 2.05) is 38.2 Å². The molecule has 0 aromatic heterocycles. The van der Waals surface area contributed by atoms with Gasteiger partial charge >= 0.3 is 5.97 Å². The SMILES string of the molecule is CCOC(=O)CCCN1CCOc2cc3c(cc21)Oc1cc2c(cc1=N3)OCC[N+]=2C.[Cl-]. The molecule has 0 unspecified atom stereocenters. The van der Waals surface area contributed by atoms with Crippen molar-refractivity contribution in [1.82, 2.24) is 4.58 Å². The fraction of sp³-hybridized carbons (Fsp3) is 0.435. The first-order valence-corrected chi connectivity index (χ1v) is 10.8. The number of hydrogen-bond donors (Lipinski definition) is 0. The minimum absolute atomic E-state index is 0. The minimum Gasteiger partial charge on any atom is -1.00 e. The normalized spacial score (nSPS) is 15.3. The summed E-state index contributed by atoms with van der Waals surface area (Å²) in [6.45, 7) is 5.84. The van der Waals surface area contributed by atoms with Crippen LogP contribution < -0.4 is 46.8 Å². The zero-order chi connectivity index (χ0) is 21.4. The summed E-state index contributed by atoms with van der Waals surface area (Å²) < 4.78 is 25.1. The lowest BCUT2D eigenvalue weighted by Gasteiger charge is -2.32. The van der Waals surface area contributed by atoms with Gasteiger partial charge in [0, 0.05) is 31.2 Å². The number of halogens is 1. The Morgan fingerprint density at radius 1 is 1.12 bits per heavy atom. The van der Waals surface area contributed by atoms with Gasteiger partial charge in [-0.1, -0.05) is 0 Å². The molecule has 170 valence electrons. The number of hydrogen-bond acceptors (Lipinski definition) is 7. The van der Waals surface area contributed by atoms with Crippen molar-refractivity contribution in [2.75, 3.05) is 51.4 Å². The van der Waals surface area contributed by atoms with Crippen molar-refractivity contribution in [3.8, 4) is 23.0 Å². The Bertz CT molecular complexity index is 1170. The molecule has 0 spiro atoms. The average Bonchev–Trinajstić information content (AvgIpc) is 2.76. The van der Waals surface area contributed by atoms with Gasteiger partial charge in [-0.25, -0.2) is 9.57 Å². The van der Waals surface area contributed by atoms with Crippen molar-refractivity contribution in [3.63, 3.8) is 0 Å². The molecule has 0 atom stereocenters. The summed E-state index contributed by atoms with van der Waals surface area (Å²) in [5, 5.41) is 1.76. The highest BCUT2D eigenvalue weighted by Gasteiger charge is 2.25. The van der Waals surface area contributed by atoms with Gasteiger partial charge in [-0.15, -0.1) is 0 Å². The molecule has 0 aliphatic carbocycles. The second-order valence-electron chi connectivity index (χ2n) is 7.80. The number of fused-ring (bicyclic) bond motifs is 4. The molecule has 0 N–H and O–H groups in total. The van der Waals surface area contributed by atoms with Gasteiger partial charge < -0.3 is 36.3 Å². The quantitative estimate of drug-likeness (QED) is 0.353. The van der Waals surface area contributed by atoms with Crippen LogP contribution in [0.2, 0.25) is 0 Å². The number of likely N-dealkylation sites (N-methyl/N-ethyl adjacent to an activating group) is 1. The maximum atomic E-state index is 11.7. The van der Waals surface area contributed by atoms with Crippen LogP contribution in [0, 0.1) is 0 Å². The van der Waals surface area contributed by atoms with Gasteiger partial charge in [-0.05, 0) is 13.3 Å². The summed E-state index contributed by atoms with van der Waals surface area (Å²) in [6.07, 6.45) is 1.13. The van der Waals surface area contributed by atoms with Gasteiger partial charge in [-0.3, -0.25) is 4.79 Å². The van der Waals surface area contributed by atoms with Crippen LogP contribution in [0.5, 0.6) is 23.0 Å². The Hall–Kier alpha value is -3.00. The molecule has 9 heteroatoms. The second kappa shape index (κ2) is 9.24. The van der Waals surface area contributed by atoms with Crippen molar-refractivity contribution in [1.29, 1.82) is 0 Å². The van der Waals surface area contributed by atoms with E-state index in [-0.39, 0.29) is 18.4 Å². The second-order valence-corrected chi connectivity index (χ2v) is 7.80. The van der Waals surface area contributed by atoms with Crippen molar-refractivity contribution in [2.24, 2.45) is 4.99 Å². The van der Waals surface area contributed by atoms with Gasteiger partial charge in [0.15, 0.2) is 23.8 Å². The predicted octanol–water partition coefficient (Wildman–Crippen LogP) is -1.20. The standard InChI is InChI=1S/C23H26N3O5.ClH/c1-3-28-23(27)5-4-6-26-8-10-30-22-12-16-20(14-18(22)26)31-19-13-17-21(11-15(19)24-16)29-9-7-25(17)2;/h11-14H,3-10H2,1-2H3;1H/q+1;/p-1. The number of ether oxygens (including phenoxy) is 4. The van der Waals surface area contributed by atoms with E-state index in [0.717, 1.165) is 59.6 Å². The zero-order valence-corrected chi connectivity index (χ0v) is 19.0. The third kappa shape index (κ3) is 4.19. The highest BCUT2D eigenvalue weighted by molar-refractivity contribution is 5.72. The molecule has 0 fully saturated rings. The lowest BCUT2D eigenvalue weighted by molar-refractivity contribution is -0.143. The molecule has 5 rings (SSSR count). The van der Waals surface area contributed by atoms with Crippen LogP contribution in [-0.4, -0.2) is 52.5 Å². The smallest absolute Gasteiger partial charge is 0.305 e.